The predicted molar refractivity (Wildman–Crippen MR) is 77.2 cm³/mol. The molecule has 0 N–H and O–H groups in total. The molecule has 1 fully saturated rings. The van der Waals surface area contributed by atoms with Gasteiger partial charge in [0, 0.05) is 25.9 Å². The Morgan fingerprint density at radius 2 is 1.96 bits per heavy atom. The number of ether oxygens (including phenoxy) is 2. The zero-order chi connectivity index (χ0) is 17.5. The van der Waals surface area contributed by atoms with Crippen LogP contribution in [-0.4, -0.2) is 48.6 Å². The monoisotopic (exact) mass is 343 g/mol. The van der Waals surface area contributed by atoms with Crippen LogP contribution in [0.2, 0.25) is 0 Å². The normalized spacial score (nSPS) is 19.7. The Balaban J connectivity index is 1.75. The summed E-state index contributed by atoms with van der Waals surface area (Å²) in [6.07, 6.45) is -4.42. The molecule has 1 aromatic carbocycles. The van der Waals surface area contributed by atoms with E-state index in [1.807, 2.05) is 0 Å². The van der Waals surface area contributed by atoms with E-state index in [2.05, 4.69) is 0 Å². The Kier molecular flexibility index (Phi) is 3.93. The van der Waals surface area contributed by atoms with Crippen molar-refractivity contribution in [2.45, 2.75) is 31.0 Å². The Morgan fingerprint density at radius 3 is 2.54 bits per heavy atom. The second-order valence-corrected chi connectivity index (χ2v) is 6.04. The van der Waals surface area contributed by atoms with Crippen molar-refractivity contribution in [1.29, 1.82) is 0 Å². The number of rotatable bonds is 1. The number of hydrogen-bond donors (Lipinski definition) is 0. The fraction of sp³-hybridized carbons (Fsp3) is 0.500. The maximum atomic E-state index is 12.5. The van der Waals surface area contributed by atoms with Crippen LogP contribution >= 0.6 is 0 Å². The number of carbonyl (C=O) groups excluding carboxylic acids is 2. The summed E-state index contributed by atoms with van der Waals surface area (Å²) in [4.78, 5) is 24.5. The van der Waals surface area contributed by atoms with Crippen molar-refractivity contribution in [3.05, 3.63) is 23.8 Å². The largest absolute Gasteiger partial charge is 0.497 e. The van der Waals surface area contributed by atoms with Crippen molar-refractivity contribution in [2.24, 2.45) is 0 Å². The van der Waals surface area contributed by atoms with Gasteiger partial charge in [0.05, 0.1) is 19.1 Å². The maximum Gasteiger partial charge on any atom is 0.471 e. The lowest BCUT2D eigenvalue weighted by atomic mass is 9.82. The Labute approximate surface area is 136 Å². The highest BCUT2D eigenvalue weighted by molar-refractivity contribution is 6.00. The molecule has 2 heterocycles. The van der Waals surface area contributed by atoms with Gasteiger partial charge in [-0.15, -0.1) is 0 Å². The number of piperidine rings is 1. The molecular formula is C16H16F3NO4. The number of methoxy groups -OCH3 is 1. The summed E-state index contributed by atoms with van der Waals surface area (Å²) in [6, 6.07) is 4.88. The molecule has 2 aliphatic rings. The van der Waals surface area contributed by atoms with Gasteiger partial charge < -0.3 is 14.4 Å². The number of halogens is 3. The van der Waals surface area contributed by atoms with Crippen LogP contribution < -0.4 is 9.47 Å². The number of benzene rings is 1. The molecule has 130 valence electrons. The summed E-state index contributed by atoms with van der Waals surface area (Å²) in [5, 5.41) is 0. The number of nitrogens with zero attached hydrogens (tertiary/aromatic N) is 1. The SMILES string of the molecule is COc1ccc2c(c1)C(=O)CC1(CCN(C(=O)C(F)(F)F)CC1)O2. The first-order chi connectivity index (χ1) is 11.2. The van der Waals surface area contributed by atoms with Gasteiger partial charge in [-0.1, -0.05) is 0 Å². The van der Waals surface area contributed by atoms with Gasteiger partial charge in [0.25, 0.3) is 0 Å². The lowest BCUT2D eigenvalue weighted by molar-refractivity contribution is -0.188. The first kappa shape index (κ1) is 16.6. The summed E-state index contributed by atoms with van der Waals surface area (Å²) >= 11 is 0. The van der Waals surface area contributed by atoms with E-state index >= 15 is 0 Å². The smallest absolute Gasteiger partial charge is 0.471 e. The third-order valence-corrected chi connectivity index (χ3v) is 4.50. The average molecular weight is 343 g/mol. The molecule has 0 saturated carbocycles. The maximum absolute atomic E-state index is 12.5. The Hall–Kier alpha value is -2.25. The average Bonchev–Trinajstić information content (AvgIpc) is 2.54. The number of amides is 1. The summed E-state index contributed by atoms with van der Waals surface area (Å²) < 4.78 is 48.6. The summed E-state index contributed by atoms with van der Waals surface area (Å²) in [6.45, 7) is -0.172. The molecule has 1 saturated heterocycles. The van der Waals surface area contributed by atoms with Crippen molar-refractivity contribution in [2.75, 3.05) is 20.2 Å². The minimum atomic E-state index is -4.88. The quantitative estimate of drug-likeness (QED) is 0.786. The Bertz CT molecular complexity index is 678. The molecule has 0 aromatic heterocycles. The predicted octanol–water partition coefficient (Wildman–Crippen LogP) is 2.58. The number of alkyl halides is 3. The van der Waals surface area contributed by atoms with Gasteiger partial charge in [0.2, 0.25) is 0 Å². The van der Waals surface area contributed by atoms with Crippen LogP contribution in [0.4, 0.5) is 13.2 Å². The minimum absolute atomic E-state index is 0.0845. The number of Topliss-reactive ketones (excluding diaryl/α,β-unsaturated/α-hetero) is 1. The van der Waals surface area contributed by atoms with Gasteiger partial charge in [-0.3, -0.25) is 9.59 Å². The van der Waals surface area contributed by atoms with Crippen LogP contribution in [-0.2, 0) is 4.79 Å². The molecule has 1 amide bonds. The lowest BCUT2D eigenvalue weighted by Gasteiger charge is -2.44. The van der Waals surface area contributed by atoms with Crippen LogP contribution in [0.3, 0.4) is 0 Å². The molecule has 0 unspecified atom stereocenters. The van der Waals surface area contributed by atoms with E-state index < -0.39 is 17.7 Å². The minimum Gasteiger partial charge on any atom is -0.497 e. The standard InChI is InChI=1S/C16H16F3NO4/c1-23-10-2-3-13-11(8-10)12(21)9-15(24-13)4-6-20(7-5-15)14(22)16(17,18)19/h2-3,8H,4-7,9H2,1H3. The molecule has 8 heteroatoms. The molecule has 1 aromatic rings. The van der Waals surface area contributed by atoms with E-state index in [9.17, 15) is 22.8 Å². The van der Waals surface area contributed by atoms with Crippen LogP contribution in [0.15, 0.2) is 18.2 Å². The number of fused-ring (bicyclic) bond motifs is 1. The number of carbonyl (C=O) groups is 2. The molecule has 1 spiro atoms. The molecule has 5 nitrogen and oxygen atoms in total. The van der Waals surface area contributed by atoms with Gasteiger partial charge in [0.15, 0.2) is 5.78 Å². The van der Waals surface area contributed by atoms with Gasteiger partial charge >= 0.3 is 12.1 Å². The number of likely N-dealkylation sites (tertiary alicyclic amines) is 1. The van der Waals surface area contributed by atoms with Gasteiger partial charge in [-0.2, -0.15) is 13.2 Å². The topological polar surface area (TPSA) is 55.8 Å². The summed E-state index contributed by atoms with van der Waals surface area (Å²) in [5.74, 6) is -1.04. The highest BCUT2D eigenvalue weighted by Crippen LogP contribution is 2.40. The molecule has 2 aliphatic heterocycles. The first-order valence-electron chi connectivity index (χ1n) is 7.50. The van der Waals surface area contributed by atoms with E-state index in [1.165, 1.54) is 7.11 Å². The third kappa shape index (κ3) is 2.92. The second kappa shape index (κ2) is 5.68. The van der Waals surface area contributed by atoms with Crippen LogP contribution in [0.5, 0.6) is 11.5 Å². The van der Waals surface area contributed by atoms with Crippen molar-refractivity contribution >= 4 is 11.7 Å². The van der Waals surface area contributed by atoms with Gasteiger partial charge in [-0.25, -0.2) is 0 Å². The van der Waals surface area contributed by atoms with Crippen molar-refractivity contribution in [1.82, 2.24) is 4.90 Å². The van der Waals surface area contributed by atoms with Gasteiger partial charge in [-0.05, 0) is 18.2 Å². The molecule has 24 heavy (non-hydrogen) atoms. The zero-order valence-electron chi connectivity index (χ0n) is 13.0. The molecule has 0 aliphatic carbocycles. The fourth-order valence-corrected chi connectivity index (χ4v) is 3.18. The highest BCUT2D eigenvalue weighted by atomic mass is 19.4. The zero-order valence-corrected chi connectivity index (χ0v) is 13.0. The highest BCUT2D eigenvalue weighted by Gasteiger charge is 2.48. The Morgan fingerprint density at radius 1 is 1.29 bits per heavy atom. The molecule has 0 atom stereocenters. The lowest BCUT2D eigenvalue weighted by Crippen LogP contribution is -2.54. The van der Waals surface area contributed by atoms with E-state index in [-0.39, 0.29) is 38.1 Å². The second-order valence-electron chi connectivity index (χ2n) is 6.04. The third-order valence-electron chi connectivity index (χ3n) is 4.50. The molecule has 3 rings (SSSR count). The molecular weight excluding hydrogens is 327 g/mol. The van der Waals surface area contributed by atoms with Crippen LogP contribution in [0.1, 0.15) is 29.6 Å². The molecule has 0 radical (unpaired) electrons. The van der Waals surface area contributed by atoms with Crippen molar-refractivity contribution < 1.29 is 32.2 Å². The number of hydrogen-bond acceptors (Lipinski definition) is 4. The van der Waals surface area contributed by atoms with E-state index in [1.54, 1.807) is 18.2 Å². The van der Waals surface area contributed by atoms with Crippen molar-refractivity contribution in [3.63, 3.8) is 0 Å². The first-order valence-corrected chi connectivity index (χ1v) is 7.50. The molecule has 0 bridgehead atoms. The summed E-state index contributed by atoms with van der Waals surface area (Å²) in [7, 11) is 1.49. The van der Waals surface area contributed by atoms with E-state index in [0.717, 1.165) is 4.90 Å². The van der Waals surface area contributed by atoms with Crippen LogP contribution in [0.25, 0.3) is 0 Å². The summed E-state index contributed by atoms with van der Waals surface area (Å²) in [5.41, 5.74) is -0.435. The fourth-order valence-electron chi connectivity index (χ4n) is 3.18. The van der Waals surface area contributed by atoms with E-state index in [4.69, 9.17) is 9.47 Å². The number of ketones is 1. The van der Waals surface area contributed by atoms with Crippen molar-refractivity contribution in [3.8, 4) is 11.5 Å². The van der Waals surface area contributed by atoms with E-state index in [0.29, 0.717) is 17.1 Å². The van der Waals surface area contributed by atoms with Gasteiger partial charge in [0.1, 0.15) is 17.1 Å². The van der Waals surface area contributed by atoms with Crippen LogP contribution in [0, 0.1) is 0 Å².